The average molecular weight is 474 g/mol. The van der Waals surface area contributed by atoms with Gasteiger partial charge in [-0.05, 0) is 71.7 Å². The number of aryl methyl sites for hydroxylation is 1. The molecule has 1 N–H and O–H groups in total. The van der Waals surface area contributed by atoms with Crippen LogP contribution in [-0.2, 0) is 9.59 Å². The lowest BCUT2D eigenvalue weighted by Gasteiger charge is -2.30. The van der Waals surface area contributed by atoms with Crippen LogP contribution in [0.4, 0.5) is 5.69 Å². The third kappa shape index (κ3) is 5.42. The van der Waals surface area contributed by atoms with Crippen LogP contribution in [0.2, 0.25) is 0 Å². The summed E-state index contributed by atoms with van der Waals surface area (Å²) < 4.78 is 1.14. The molecule has 4 nitrogen and oxygen atoms in total. The Morgan fingerprint density at radius 2 is 1.81 bits per heavy atom. The largest absolute Gasteiger partial charge is 0.339 e. The summed E-state index contributed by atoms with van der Waals surface area (Å²) in [6.45, 7) is 3.27. The number of hydrogen-bond acceptors (Lipinski definition) is 2. The first-order valence-corrected chi connectivity index (χ1v) is 10.2. The van der Waals surface area contributed by atoms with E-state index in [1.165, 1.54) is 5.56 Å². The SMILES string of the molecule is Cc1ccc(NC(=O)C2CCN(C(=O)/C=C/c3ccccc3)CC2)cc1I. The van der Waals surface area contributed by atoms with Gasteiger partial charge in [0.2, 0.25) is 11.8 Å². The molecule has 2 aromatic carbocycles. The highest BCUT2D eigenvalue weighted by Gasteiger charge is 2.26. The normalized spacial score (nSPS) is 15.1. The number of carbonyl (C=O) groups excluding carboxylic acids is 2. The Hall–Kier alpha value is -2.15. The van der Waals surface area contributed by atoms with Gasteiger partial charge in [0.15, 0.2) is 0 Å². The Balaban J connectivity index is 1.50. The van der Waals surface area contributed by atoms with E-state index in [1.54, 1.807) is 6.08 Å². The summed E-state index contributed by atoms with van der Waals surface area (Å²) in [5, 5.41) is 3.01. The summed E-state index contributed by atoms with van der Waals surface area (Å²) in [5.41, 5.74) is 3.04. The zero-order valence-electron chi connectivity index (χ0n) is 15.3. The minimum absolute atomic E-state index is 0.00537. The van der Waals surface area contributed by atoms with Gasteiger partial charge in [-0.15, -0.1) is 0 Å². The minimum atomic E-state index is -0.0499. The highest BCUT2D eigenvalue weighted by molar-refractivity contribution is 14.1. The van der Waals surface area contributed by atoms with E-state index in [4.69, 9.17) is 0 Å². The molecular weight excluding hydrogens is 451 g/mol. The lowest BCUT2D eigenvalue weighted by atomic mass is 9.95. The molecule has 0 atom stereocenters. The second-order valence-electron chi connectivity index (χ2n) is 6.80. The number of hydrogen-bond donors (Lipinski definition) is 1. The summed E-state index contributed by atoms with van der Waals surface area (Å²) in [5.74, 6) is -0.00139. The van der Waals surface area contributed by atoms with Crippen LogP contribution in [0.25, 0.3) is 6.08 Å². The smallest absolute Gasteiger partial charge is 0.246 e. The second kappa shape index (κ2) is 9.17. The quantitative estimate of drug-likeness (QED) is 0.525. The molecule has 2 amide bonds. The molecular formula is C22H23IN2O2. The predicted molar refractivity (Wildman–Crippen MR) is 117 cm³/mol. The van der Waals surface area contributed by atoms with Gasteiger partial charge in [0.25, 0.3) is 0 Å². The maximum Gasteiger partial charge on any atom is 0.246 e. The lowest BCUT2D eigenvalue weighted by Crippen LogP contribution is -2.40. The van der Waals surface area contributed by atoms with E-state index >= 15 is 0 Å². The van der Waals surface area contributed by atoms with E-state index in [0.717, 1.165) is 14.8 Å². The molecule has 2 aromatic rings. The second-order valence-corrected chi connectivity index (χ2v) is 7.96. The zero-order chi connectivity index (χ0) is 19.2. The molecule has 3 rings (SSSR count). The van der Waals surface area contributed by atoms with Crippen LogP contribution in [0.3, 0.4) is 0 Å². The summed E-state index contributed by atoms with van der Waals surface area (Å²) in [7, 11) is 0. The van der Waals surface area contributed by atoms with Crippen LogP contribution >= 0.6 is 22.6 Å². The maximum absolute atomic E-state index is 12.5. The van der Waals surface area contributed by atoms with Crippen molar-refractivity contribution in [3.8, 4) is 0 Å². The molecule has 0 spiro atoms. The lowest BCUT2D eigenvalue weighted by molar-refractivity contribution is -0.130. The Bertz CT molecular complexity index is 841. The van der Waals surface area contributed by atoms with Crippen molar-refractivity contribution in [2.45, 2.75) is 19.8 Å². The number of amides is 2. The van der Waals surface area contributed by atoms with E-state index in [2.05, 4.69) is 27.9 Å². The highest BCUT2D eigenvalue weighted by atomic mass is 127. The van der Waals surface area contributed by atoms with Gasteiger partial charge < -0.3 is 10.2 Å². The number of nitrogens with zero attached hydrogens (tertiary/aromatic N) is 1. The molecule has 1 heterocycles. The van der Waals surface area contributed by atoms with Crippen molar-refractivity contribution in [1.82, 2.24) is 4.90 Å². The number of likely N-dealkylation sites (tertiary alicyclic amines) is 1. The molecule has 0 radical (unpaired) electrons. The number of benzene rings is 2. The fourth-order valence-electron chi connectivity index (χ4n) is 3.11. The topological polar surface area (TPSA) is 49.4 Å². The summed E-state index contributed by atoms with van der Waals surface area (Å²) >= 11 is 2.27. The molecule has 1 fully saturated rings. The third-order valence-electron chi connectivity index (χ3n) is 4.83. The molecule has 27 heavy (non-hydrogen) atoms. The van der Waals surface area contributed by atoms with Gasteiger partial charge in [0, 0.05) is 34.3 Å². The third-order valence-corrected chi connectivity index (χ3v) is 6.00. The van der Waals surface area contributed by atoms with Gasteiger partial charge in [0.05, 0.1) is 0 Å². The van der Waals surface area contributed by atoms with Crippen molar-refractivity contribution < 1.29 is 9.59 Å². The summed E-state index contributed by atoms with van der Waals surface area (Å²) in [6, 6.07) is 15.7. The van der Waals surface area contributed by atoms with Crippen LogP contribution < -0.4 is 5.32 Å². The van der Waals surface area contributed by atoms with Crippen LogP contribution in [0.15, 0.2) is 54.6 Å². The van der Waals surface area contributed by atoms with Gasteiger partial charge in [-0.3, -0.25) is 9.59 Å². The first kappa shape index (κ1) is 19.6. The van der Waals surface area contributed by atoms with Gasteiger partial charge in [-0.1, -0.05) is 36.4 Å². The van der Waals surface area contributed by atoms with Gasteiger partial charge >= 0.3 is 0 Å². The number of carbonyl (C=O) groups is 2. The average Bonchev–Trinajstić information content (AvgIpc) is 2.70. The minimum Gasteiger partial charge on any atom is -0.339 e. The van der Waals surface area contributed by atoms with E-state index in [9.17, 15) is 9.59 Å². The van der Waals surface area contributed by atoms with Gasteiger partial charge in [0.1, 0.15) is 0 Å². The Morgan fingerprint density at radius 3 is 2.48 bits per heavy atom. The fraction of sp³-hybridized carbons (Fsp3) is 0.273. The molecule has 0 unspecified atom stereocenters. The van der Waals surface area contributed by atoms with Gasteiger partial charge in [-0.2, -0.15) is 0 Å². The molecule has 1 saturated heterocycles. The molecule has 0 bridgehead atoms. The first-order chi connectivity index (χ1) is 13.0. The molecule has 140 valence electrons. The number of piperidine rings is 1. The molecule has 1 aliphatic heterocycles. The van der Waals surface area contributed by atoms with Crippen molar-refractivity contribution in [2.75, 3.05) is 18.4 Å². The summed E-state index contributed by atoms with van der Waals surface area (Å²) in [6.07, 6.45) is 4.84. The molecule has 0 aromatic heterocycles. The number of rotatable bonds is 4. The highest BCUT2D eigenvalue weighted by Crippen LogP contribution is 2.22. The Labute approximate surface area is 173 Å². The molecule has 0 saturated carbocycles. The van der Waals surface area contributed by atoms with Crippen molar-refractivity contribution in [3.05, 3.63) is 69.3 Å². The first-order valence-electron chi connectivity index (χ1n) is 9.12. The van der Waals surface area contributed by atoms with Crippen LogP contribution in [0.5, 0.6) is 0 Å². The van der Waals surface area contributed by atoms with E-state index in [1.807, 2.05) is 66.4 Å². The molecule has 1 aliphatic rings. The zero-order valence-corrected chi connectivity index (χ0v) is 17.5. The van der Waals surface area contributed by atoms with Gasteiger partial charge in [-0.25, -0.2) is 0 Å². The van der Waals surface area contributed by atoms with Crippen LogP contribution in [-0.4, -0.2) is 29.8 Å². The Kier molecular flexibility index (Phi) is 6.66. The monoisotopic (exact) mass is 474 g/mol. The van der Waals surface area contributed by atoms with Crippen molar-refractivity contribution >= 4 is 46.2 Å². The van der Waals surface area contributed by atoms with Crippen molar-refractivity contribution in [3.63, 3.8) is 0 Å². The maximum atomic E-state index is 12.5. The van der Waals surface area contributed by atoms with E-state index in [-0.39, 0.29) is 17.7 Å². The molecule has 0 aliphatic carbocycles. The van der Waals surface area contributed by atoms with E-state index in [0.29, 0.717) is 25.9 Å². The summed E-state index contributed by atoms with van der Waals surface area (Å²) in [4.78, 5) is 26.7. The standard InChI is InChI=1S/C22H23IN2O2/c1-16-7-9-19(15-20(16)23)24-22(27)18-11-13-25(14-12-18)21(26)10-8-17-5-3-2-4-6-17/h2-10,15,18H,11-14H2,1H3,(H,24,27)/b10-8+. The van der Waals surface area contributed by atoms with Crippen LogP contribution in [0.1, 0.15) is 24.0 Å². The Morgan fingerprint density at radius 1 is 1.11 bits per heavy atom. The number of halogens is 1. The fourth-order valence-corrected chi connectivity index (χ4v) is 3.63. The number of nitrogens with one attached hydrogen (secondary N) is 1. The van der Waals surface area contributed by atoms with Crippen molar-refractivity contribution in [1.29, 1.82) is 0 Å². The predicted octanol–water partition coefficient (Wildman–Crippen LogP) is 4.49. The van der Waals surface area contributed by atoms with E-state index < -0.39 is 0 Å². The molecule has 5 heteroatoms. The van der Waals surface area contributed by atoms with Crippen molar-refractivity contribution in [2.24, 2.45) is 5.92 Å². The van der Waals surface area contributed by atoms with Crippen LogP contribution in [0, 0.1) is 16.4 Å². The number of anilines is 1.